The molecule has 1 fully saturated rings. The molecular weight excluding hydrogens is 360 g/mol. The quantitative estimate of drug-likeness (QED) is 0.743. The molecule has 7 nitrogen and oxygen atoms in total. The van der Waals surface area contributed by atoms with Crippen molar-refractivity contribution in [3.63, 3.8) is 0 Å². The van der Waals surface area contributed by atoms with Gasteiger partial charge in [-0.05, 0) is 44.4 Å². The lowest BCUT2D eigenvalue weighted by atomic mass is 9.97. The highest BCUT2D eigenvalue weighted by molar-refractivity contribution is 5.92. The molecule has 0 bridgehead atoms. The van der Waals surface area contributed by atoms with Crippen molar-refractivity contribution in [3.8, 4) is 0 Å². The molecule has 28 heavy (non-hydrogen) atoms. The van der Waals surface area contributed by atoms with E-state index in [0.29, 0.717) is 45.0 Å². The molecule has 7 heteroatoms. The summed E-state index contributed by atoms with van der Waals surface area (Å²) in [7, 11) is 0. The highest BCUT2D eigenvalue weighted by Crippen LogP contribution is 2.24. The Morgan fingerprint density at radius 3 is 2.86 bits per heavy atom. The number of carbonyl (C=O) groups excluding carboxylic acids is 2. The first-order valence-corrected chi connectivity index (χ1v) is 9.94. The smallest absolute Gasteiger partial charge is 0.410 e. The predicted octanol–water partition coefficient (Wildman–Crippen LogP) is 2.69. The van der Waals surface area contributed by atoms with Crippen molar-refractivity contribution in [2.75, 3.05) is 39.4 Å². The van der Waals surface area contributed by atoms with Crippen LogP contribution in [0.15, 0.2) is 18.2 Å². The Morgan fingerprint density at radius 1 is 1.25 bits per heavy atom. The van der Waals surface area contributed by atoms with Crippen LogP contribution in [0.5, 0.6) is 0 Å². The highest BCUT2D eigenvalue weighted by Gasteiger charge is 2.24. The van der Waals surface area contributed by atoms with Gasteiger partial charge in [-0.3, -0.25) is 0 Å². The maximum Gasteiger partial charge on any atom is 0.410 e. The second-order valence-corrected chi connectivity index (χ2v) is 8.19. The van der Waals surface area contributed by atoms with E-state index in [9.17, 15) is 9.59 Å². The van der Waals surface area contributed by atoms with Crippen molar-refractivity contribution >= 4 is 12.1 Å². The lowest BCUT2D eigenvalue weighted by Gasteiger charge is -2.29. The van der Waals surface area contributed by atoms with E-state index < -0.39 is 5.60 Å². The summed E-state index contributed by atoms with van der Waals surface area (Å²) in [4.78, 5) is 25.9. The zero-order valence-electron chi connectivity index (χ0n) is 17.0. The van der Waals surface area contributed by atoms with Crippen LogP contribution < -0.4 is 5.32 Å². The summed E-state index contributed by atoms with van der Waals surface area (Å²) in [6.45, 7) is 9.09. The van der Waals surface area contributed by atoms with E-state index in [1.54, 1.807) is 4.90 Å². The number of hydrogen-bond donors (Lipinski definition) is 1. The molecule has 2 aliphatic rings. The van der Waals surface area contributed by atoms with Crippen LogP contribution in [-0.4, -0.2) is 62.0 Å². The molecule has 0 aromatic heterocycles. The molecule has 0 spiro atoms. The summed E-state index contributed by atoms with van der Waals surface area (Å²) < 4.78 is 16.7. The predicted molar refractivity (Wildman–Crippen MR) is 104 cm³/mol. The third kappa shape index (κ3) is 5.45. The molecule has 3 rings (SSSR count). The van der Waals surface area contributed by atoms with E-state index >= 15 is 0 Å². The third-order valence-electron chi connectivity index (χ3n) is 4.76. The normalized spacial score (nSPS) is 21.5. The summed E-state index contributed by atoms with van der Waals surface area (Å²) in [5.74, 6) is -0.250. The van der Waals surface area contributed by atoms with Gasteiger partial charge in [0, 0.05) is 39.2 Å². The number of amides is 1. The average Bonchev–Trinajstić information content (AvgIpc) is 2.64. The Bertz CT molecular complexity index is 701. The first kappa shape index (κ1) is 20.6. The number of esters is 1. The fraction of sp³-hybridized carbons (Fsp3) is 0.619. The minimum Gasteiger partial charge on any atom is -0.462 e. The summed E-state index contributed by atoms with van der Waals surface area (Å²) in [5.41, 5.74) is 2.23. The maximum atomic E-state index is 12.3. The Hall–Kier alpha value is -2.12. The van der Waals surface area contributed by atoms with Gasteiger partial charge in [0.1, 0.15) is 5.60 Å². The van der Waals surface area contributed by atoms with Gasteiger partial charge in [-0.1, -0.05) is 12.1 Å². The molecule has 0 radical (unpaired) electrons. The highest BCUT2D eigenvalue weighted by atomic mass is 16.6. The molecule has 0 aliphatic carbocycles. The van der Waals surface area contributed by atoms with Crippen molar-refractivity contribution in [1.82, 2.24) is 10.2 Å². The average molecular weight is 390 g/mol. The summed E-state index contributed by atoms with van der Waals surface area (Å²) in [6, 6.07) is 5.83. The first-order valence-electron chi connectivity index (χ1n) is 9.94. The minimum absolute atomic E-state index is 0.0867. The fourth-order valence-corrected chi connectivity index (χ4v) is 3.37. The van der Waals surface area contributed by atoms with Crippen molar-refractivity contribution in [2.24, 2.45) is 0 Å². The lowest BCUT2D eigenvalue weighted by Crippen LogP contribution is -2.42. The van der Waals surface area contributed by atoms with Crippen molar-refractivity contribution in [1.29, 1.82) is 0 Å². The Labute approximate surface area is 166 Å². The number of hydrogen-bond acceptors (Lipinski definition) is 6. The molecule has 1 amide bonds. The number of ether oxygens (including phenoxy) is 3. The molecule has 0 saturated carbocycles. The SMILES string of the molecule is CC(C)(C)OC(=O)N1CCCOC(c2ccc3c(c2)CCOC3=O)CNCC1. The van der Waals surface area contributed by atoms with Gasteiger partial charge in [0.05, 0.1) is 18.3 Å². The number of nitrogens with one attached hydrogen (secondary N) is 1. The first-order chi connectivity index (χ1) is 13.3. The minimum atomic E-state index is -0.500. The topological polar surface area (TPSA) is 77.1 Å². The van der Waals surface area contributed by atoms with Gasteiger partial charge >= 0.3 is 12.1 Å². The van der Waals surface area contributed by atoms with E-state index in [2.05, 4.69) is 11.4 Å². The van der Waals surface area contributed by atoms with Crippen LogP contribution in [0.1, 0.15) is 54.8 Å². The van der Waals surface area contributed by atoms with Crippen LogP contribution in [0, 0.1) is 0 Å². The van der Waals surface area contributed by atoms with Gasteiger partial charge < -0.3 is 24.4 Å². The van der Waals surface area contributed by atoms with Crippen LogP contribution in [-0.2, 0) is 20.6 Å². The van der Waals surface area contributed by atoms with E-state index in [1.807, 2.05) is 32.9 Å². The van der Waals surface area contributed by atoms with Crippen LogP contribution >= 0.6 is 0 Å². The number of rotatable bonds is 1. The molecule has 1 aromatic carbocycles. The second-order valence-electron chi connectivity index (χ2n) is 8.19. The van der Waals surface area contributed by atoms with Gasteiger partial charge in [-0.2, -0.15) is 0 Å². The summed E-state index contributed by atoms with van der Waals surface area (Å²) in [5, 5.41) is 3.37. The lowest BCUT2D eigenvalue weighted by molar-refractivity contribution is 0.0143. The number of carbonyl (C=O) groups is 2. The Balaban J connectivity index is 1.60. The van der Waals surface area contributed by atoms with E-state index in [4.69, 9.17) is 14.2 Å². The van der Waals surface area contributed by atoms with Crippen LogP contribution in [0.3, 0.4) is 0 Å². The largest absolute Gasteiger partial charge is 0.462 e. The Morgan fingerprint density at radius 2 is 2.07 bits per heavy atom. The molecule has 1 N–H and O–H groups in total. The zero-order valence-corrected chi connectivity index (χ0v) is 17.0. The number of nitrogens with zero attached hydrogens (tertiary/aromatic N) is 1. The summed E-state index contributed by atoms with van der Waals surface area (Å²) in [6.07, 6.45) is 1.11. The van der Waals surface area contributed by atoms with Crippen molar-refractivity contribution in [2.45, 2.75) is 45.3 Å². The third-order valence-corrected chi connectivity index (χ3v) is 4.76. The second kappa shape index (κ2) is 8.92. The van der Waals surface area contributed by atoms with Crippen molar-refractivity contribution in [3.05, 3.63) is 34.9 Å². The zero-order chi connectivity index (χ0) is 20.1. The van der Waals surface area contributed by atoms with Crippen molar-refractivity contribution < 1.29 is 23.8 Å². The number of benzene rings is 1. The van der Waals surface area contributed by atoms with Crippen LogP contribution in [0.25, 0.3) is 0 Å². The van der Waals surface area contributed by atoms with E-state index in [1.165, 1.54) is 0 Å². The standard InChI is InChI=1S/C21H30N2O5/c1-21(2,3)28-20(25)23-9-4-11-26-18(14-22-8-10-23)16-5-6-17-15(13-16)7-12-27-19(17)24/h5-6,13,18,22H,4,7-12,14H2,1-3H3. The van der Waals surface area contributed by atoms with E-state index in [-0.39, 0.29) is 18.2 Å². The van der Waals surface area contributed by atoms with Gasteiger partial charge in [-0.25, -0.2) is 9.59 Å². The van der Waals surface area contributed by atoms with Gasteiger partial charge in [0.15, 0.2) is 0 Å². The molecule has 2 heterocycles. The van der Waals surface area contributed by atoms with Gasteiger partial charge in [0.25, 0.3) is 0 Å². The number of cyclic esters (lactones) is 1. The van der Waals surface area contributed by atoms with Crippen LogP contribution in [0.4, 0.5) is 4.79 Å². The summed E-state index contributed by atoms with van der Waals surface area (Å²) >= 11 is 0. The molecule has 1 atom stereocenters. The monoisotopic (exact) mass is 390 g/mol. The number of fused-ring (bicyclic) bond motifs is 1. The molecule has 1 aromatic rings. The van der Waals surface area contributed by atoms with Gasteiger partial charge in [0.2, 0.25) is 0 Å². The molecule has 1 unspecified atom stereocenters. The fourth-order valence-electron chi connectivity index (χ4n) is 3.37. The van der Waals surface area contributed by atoms with E-state index in [0.717, 1.165) is 24.0 Å². The molecular formula is C21H30N2O5. The maximum absolute atomic E-state index is 12.3. The molecule has 1 saturated heterocycles. The molecule has 2 aliphatic heterocycles. The Kier molecular flexibility index (Phi) is 6.57. The van der Waals surface area contributed by atoms with Crippen LogP contribution in [0.2, 0.25) is 0 Å². The molecule has 154 valence electrons. The van der Waals surface area contributed by atoms with Gasteiger partial charge in [-0.15, -0.1) is 0 Å².